The fourth-order valence-electron chi connectivity index (χ4n) is 1.67. The Hall–Kier alpha value is -0.760. The van der Waals surface area contributed by atoms with Gasteiger partial charge in [0, 0.05) is 56.1 Å². The summed E-state index contributed by atoms with van der Waals surface area (Å²) in [6.07, 6.45) is 2.05. The van der Waals surface area contributed by atoms with Crippen molar-refractivity contribution in [2.75, 3.05) is 30.4 Å². The number of amidine groups is 1. The second-order valence-electron chi connectivity index (χ2n) is 4.98. The molecule has 1 aromatic heterocycles. The van der Waals surface area contributed by atoms with Crippen LogP contribution >= 0.6 is 64.9 Å². The molecule has 2 rings (SSSR count). The fraction of sp³-hybridized carbons (Fsp3) is 0.333. The predicted molar refractivity (Wildman–Crippen MR) is 136 cm³/mol. The summed E-state index contributed by atoms with van der Waals surface area (Å²) in [6.45, 7) is 0.887. The van der Waals surface area contributed by atoms with Gasteiger partial charge < -0.3 is 16.2 Å². The smallest absolute Gasteiger partial charge is 0.304 e. The second kappa shape index (κ2) is 17.9. The summed E-state index contributed by atoms with van der Waals surface area (Å²) < 4.78 is 18.2. The number of hydroxylamine groups is 1. The van der Waals surface area contributed by atoms with Crippen molar-refractivity contribution in [1.29, 1.82) is 0 Å². The number of aromatic nitrogens is 2. The average Bonchev–Trinajstić information content (AvgIpc) is 3.19. The van der Waals surface area contributed by atoms with Crippen molar-refractivity contribution in [3.8, 4) is 0 Å². The number of hydrogen-bond donors (Lipinski definition) is 5. The van der Waals surface area contributed by atoms with Crippen LogP contribution in [0.3, 0.4) is 0 Å². The molecular formula is C15H20BrFI2N6O4S. The molecule has 30 heavy (non-hydrogen) atoms. The van der Waals surface area contributed by atoms with E-state index in [1.165, 1.54) is 18.2 Å². The second-order valence-corrected chi connectivity index (χ2v) is 6.82. The SMILES string of the molecule is CSCCNc1nonc1C(=Nc1ccc(F)c(Br)c1)NO.II.NCCC(=O)O. The Bertz CT molecular complexity index is 802. The third kappa shape index (κ3) is 11.6. The third-order valence-electron chi connectivity index (χ3n) is 2.92. The van der Waals surface area contributed by atoms with Gasteiger partial charge in [-0.3, -0.25) is 15.5 Å². The Morgan fingerprint density at radius 2 is 2.13 bits per heavy atom. The lowest BCUT2D eigenvalue weighted by molar-refractivity contribution is -0.136. The Morgan fingerprint density at radius 3 is 2.63 bits per heavy atom. The molecule has 0 amide bonds. The molecule has 10 nitrogen and oxygen atoms in total. The van der Waals surface area contributed by atoms with E-state index in [1.807, 2.05) is 11.7 Å². The molecule has 0 unspecified atom stereocenters. The van der Waals surface area contributed by atoms with Gasteiger partial charge >= 0.3 is 5.97 Å². The first kappa shape index (κ1) is 29.2. The van der Waals surface area contributed by atoms with Crippen molar-refractivity contribution in [2.45, 2.75) is 6.42 Å². The summed E-state index contributed by atoms with van der Waals surface area (Å²) in [7, 11) is 0. The lowest BCUT2D eigenvalue weighted by Gasteiger charge is -2.05. The first-order valence-corrected chi connectivity index (χ1v) is 16.5. The highest BCUT2D eigenvalue weighted by Gasteiger charge is 2.16. The van der Waals surface area contributed by atoms with Gasteiger partial charge in [0.05, 0.1) is 16.6 Å². The molecule has 168 valence electrons. The maximum absolute atomic E-state index is 13.2. The van der Waals surface area contributed by atoms with E-state index in [-0.39, 0.29) is 29.0 Å². The van der Waals surface area contributed by atoms with Crippen molar-refractivity contribution in [1.82, 2.24) is 15.8 Å². The van der Waals surface area contributed by atoms with E-state index >= 15 is 0 Å². The van der Waals surface area contributed by atoms with Crippen LogP contribution in [0.5, 0.6) is 0 Å². The van der Waals surface area contributed by atoms with Crippen molar-refractivity contribution >= 4 is 88.2 Å². The number of aliphatic imine (C=N–C) groups is 1. The molecule has 0 radical (unpaired) electrons. The summed E-state index contributed by atoms with van der Waals surface area (Å²) in [6, 6.07) is 4.20. The van der Waals surface area contributed by atoms with Gasteiger partial charge in [0.2, 0.25) is 5.82 Å². The summed E-state index contributed by atoms with van der Waals surface area (Å²) in [5.74, 6) is 0.0235. The van der Waals surface area contributed by atoms with Crippen molar-refractivity contribution in [2.24, 2.45) is 10.7 Å². The number of rotatable bonds is 8. The maximum atomic E-state index is 13.2. The zero-order valence-electron chi connectivity index (χ0n) is 15.6. The largest absolute Gasteiger partial charge is 0.481 e. The number of carboxylic acid groups (broad SMARTS) is 1. The Labute approximate surface area is 208 Å². The van der Waals surface area contributed by atoms with E-state index < -0.39 is 11.8 Å². The number of halogens is 4. The van der Waals surface area contributed by atoms with Crippen LogP contribution in [0, 0.1) is 5.82 Å². The van der Waals surface area contributed by atoms with Gasteiger partial charge in [-0.15, -0.1) is 0 Å². The Kier molecular flexibility index (Phi) is 17.4. The Morgan fingerprint density at radius 1 is 1.43 bits per heavy atom. The molecule has 1 heterocycles. The minimum absolute atomic E-state index is 0.0337. The first-order valence-electron chi connectivity index (χ1n) is 7.98. The Balaban J connectivity index is 0.000000905. The summed E-state index contributed by atoms with van der Waals surface area (Å²) in [5, 5.41) is 27.6. The first-order chi connectivity index (χ1) is 14.4. The van der Waals surface area contributed by atoms with E-state index in [1.54, 1.807) is 11.8 Å². The molecule has 0 aliphatic heterocycles. The summed E-state index contributed by atoms with van der Waals surface area (Å²) in [5.41, 5.74) is 7.44. The third-order valence-corrected chi connectivity index (χ3v) is 4.14. The minimum Gasteiger partial charge on any atom is -0.481 e. The van der Waals surface area contributed by atoms with Gasteiger partial charge in [-0.2, -0.15) is 11.8 Å². The number of anilines is 1. The maximum Gasteiger partial charge on any atom is 0.304 e. The number of hydrogen-bond acceptors (Lipinski definition) is 9. The fourth-order valence-corrected chi connectivity index (χ4v) is 2.34. The van der Waals surface area contributed by atoms with E-state index in [2.05, 4.69) is 78.4 Å². The molecule has 0 aliphatic rings. The van der Waals surface area contributed by atoms with Gasteiger partial charge in [0.25, 0.3) is 0 Å². The highest BCUT2D eigenvalue weighted by molar-refractivity contribution is 15.0. The molecule has 0 aliphatic carbocycles. The van der Waals surface area contributed by atoms with Crippen LogP contribution in [0.15, 0.2) is 32.3 Å². The number of carbonyl (C=O) groups is 1. The molecule has 2 aromatic rings. The number of carboxylic acids is 1. The van der Waals surface area contributed by atoms with E-state index in [0.717, 1.165) is 5.75 Å². The predicted octanol–water partition coefficient (Wildman–Crippen LogP) is 3.99. The van der Waals surface area contributed by atoms with E-state index in [9.17, 15) is 14.4 Å². The van der Waals surface area contributed by atoms with Gasteiger partial charge in [-0.1, -0.05) is 0 Å². The van der Waals surface area contributed by atoms with E-state index in [4.69, 9.17) is 10.8 Å². The molecule has 0 saturated carbocycles. The van der Waals surface area contributed by atoms with Gasteiger partial charge in [-0.25, -0.2) is 14.0 Å². The number of thioether (sulfide) groups is 1. The number of nitrogens with two attached hydrogens (primary N) is 1. The molecule has 0 spiro atoms. The van der Waals surface area contributed by atoms with Crippen LogP contribution in [0.25, 0.3) is 0 Å². The number of nitrogens with one attached hydrogen (secondary N) is 2. The normalized spacial score (nSPS) is 10.3. The molecule has 6 N–H and O–H groups in total. The van der Waals surface area contributed by atoms with Crippen molar-refractivity contribution in [3.63, 3.8) is 0 Å². The summed E-state index contributed by atoms with van der Waals surface area (Å²) in [4.78, 5) is 13.7. The zero-order chi connectivity index (χ0) is 22.9. The molecule has 0 saturated heterocycles. The molecule has 0 fully saturated rings. The van der Waals surface area contributed by atoms with Gasteiger partial charge in [-0.05, 0) is 50.7 Å². The number of aliphatic carboxylic acids is 1. The number of nitrogens with zero attached hydrogens (tertiary/aromatic N) is 3. The highest BCUT2D eigenvalue weighted by atomic mass is 128. The van der Waals surface area contributed by atoms with Crippen LogP contribution in [0.2, 0.25) is 0 Å². The molecule has 0 bridgehead atoms. The van der Waals surface area contributed by atoms with Crippen molar-refractivity contribution < 1.29 is 24.1 Å². The van der Waals surface area contributed by atoms with Crippen LogP contribution in [-0.4, -0.2) is 57.5 Å². The molecule has 0 atom stereocenters. The number of benzene rings is 1. The van der Waals surface area contributed by atoms with Crippen LogP contribution < -0.4 is 16.5 Å². The summed E-state index contributed by atoms with van der Waals surface area (Å²) >= 11 is 8.99. The van der Waals surface area contributed by atoms with Crippen LogP contribution in [0.1, 0.15) is 12.1 Å². The van der Waals surface area contributed by atoms with Gasteiger partial charge in [0.1, 0.15) is 5.82 Å². The molecular weight excluding hydrogens is 713 g/mol. The van der Waals surface area contributed by atoms with Crippen molar-refractivity contribution in [3.05, 3.63) is 34.2 Å². The monoisotopic (exact) mass is 732 g/mol. The van der Waals surface area contributed by atoms with Crippen LogP contribution in [0.4, 0.5) is 15.9 Å². The molecule has 1 aromatic carbocycles. The van der Waals surface area contributed by atoms with E-state index in [0.29, 0.717) is 18.1 Å². The lowest BCUT2D eigenvalue weighted by atomic mass is 10.3. The zero-order valence-corrected chi connectivity index (χ0v) is 22.3. The minimum atomic E-state index is -0.836. The topological polar surface area (TPSA) is 159 Å². The quantitative estimate of drug-likeness (QED) is 0.0884. The highest BCUT2D eigenvalue weighted by Crippen LogP contribution is 2.23. The average molecular weight is 733 g/mol. The van der Waals surface area contributed by atoms with Gasteiger partial charge in [0.15, 0.2) is 11.5 Å². The lowest BCUT2D eigenvalue weighted by Crippen LogP contribution is -2.22. The standard InChI is InChI=1S/C12H13BrFN5O2S.C3H7NO2.I2/c1-22-5-4-15-11-10(18-21-19-11)12(17-20)16-7-2-3-9(14)8(13)6-7;4-2-1-3(5)6;1-2/h2-3,6,20H,4-5H2,1H3,(H,15,19)(H,16,17);1-2,4H2,(H,5,6);. The molecule has 15 heteroatoms. The van der Waals surface area contributed by atoms with Crippen LogP contribution in [-0.2, 0) is 4.79 Å².